The molecule has 3 fully saturated rings. The zero-order valence-corrected chi connectivity index (χ0v) is 28.8. The van der Waals surface area contributed by atoms with E-state index in [0.717, 1.165) is 32.2 Å². The van der Waals surface area contributed by atoms with Gasteiger partial charge in [-0.1, -0.05) is 13.0 Å². The number of nitrogens with zero attached hydrogens (tertiary/aromatic N) is 5. The molecule has 5 heterocycles. The molecule has 11 nitrogen and oxygen atoms in total. The van der Waals surface area contributed by atoms with Crippen LogP contribution in [0.3, 0.4) is 0 Å². The van der Waals surface area contributed by atoms with Gasteiger partial charge in [-0.3, -0.25) is 9.88 Å². The van der Waals surface area contributed by atoms with Crippen molar-refractivity contribution in [3.63, 3.8) is 0 Å². The first-order chi connectivity index (χ1) is 24.0. The average Bonchev–Trinajstić information content (AvgIpc) is 3.65. The molecule has 3 atom stereocenters. The summed E-state index contributed by atoms with van der Waals surface area (Å²) in [5, 5.41) is 25.7. The topological polar surface area (TPSA) is 133 Å². The molecule has 3 aliphatic heterocycles. The standard InChI is InChI=1S/C37H44F2N6O5/c1-4-25-28(38)9-8-22-16-24(46)17-26(29(22)25)31-30(39)32-27(18-41-31)33(44-14-6-11-36(3,48)20-44)43-34(42-32)50-21-37-12-7-15-45(37)23(10-13-37)19-49-35(47)40-5-2/h8-9,16-18,23,46,48H,4-7,10-15,19-21H2,1-3H3,(H,40,47)/t23-,36+,37?/m0/s1. The number of carbonyl (C=O) groups is 1. The summed E-state index contributed by atoms with van der Waals surface area (Å²) in [5.74, 6) is -0.862. The van der Waals surface area contributed by atoms with Gasteiger partial charge in [0.15, 0.2) is 5.82 Å². The molecule has 1 unspecified atom stereocenters. The van der Waals surface area contributed by atoms with Crippen molar-refractivity contribution in [2.75, 3.05) is 44.3 Å². The third-order valence-corrected chi connectivity index (χ3v) is 10.6. The second kappa shape index (κ2) is 13.4. The van der Waals surface area contributed by atoms with Crippen LogP contribution < -0.4 is 15.0 Å². The summed E-state index contributed by atoms with van der Waals surface area (Å²) in [7, 11) is 0. The summed E-state index contributed by atoms with van der Waals surface area (Å²) in [6.07, 6.45) is 6.31. The number of aromatic nitrogens is 3. The second-order valence-electron chi connectivity index (χ2n) is 14.1. The van der Waals surface area contributed by atoms with Crippen LogP contribution in [0.1, 0.15) is 64.9 Å². The number of carbonyl (C=O) groups excluding carboxylic acids is 1. The fraction of sp³-hybridized carbons (Fsp3) is 0.514. The van der Waals surface area contributed by atoms with E-state index in [1.54, 1.807) is 13.0 Å². The van der Waals surface area contributed by atoms with Crippen LogP contribution in [0.5, 0.6) is 11.8 Å². The zero-order chi connectivity index (χ0) is 35.2. The Kier molecular flexibility index (Phi) is 9.14. The summed E-state index contributed by atoms with van der Waals surface area (Å²) in [6.45, 7) is 8.20. The molecule has 0 spiro atoms. The van der Waals surface area contributed by atoms with Crippen molar-refractivity contribution in [2.24, 2.45) is 0 Å². The highest BCUT2D eigenvalue weighted by Gasteiger charge is 2.50. The van der Waals surface area contributed by atoms with E-state index in [-0.39, 0.29) is 59.9 Å². The van der Waals surface area contributed by atoms with Gasteiger partial charge in [0.1, 0.15) is 41.8 Å². The van der Waals surface area contributed by atoms with Crippen LogP contribution in [-0.4, -0.2) is 92.7 Å². The molecule has 13 heteroatoms. The van der Waals surface area contributed by atoms with Gasteiger partial charge in [-0.25, -0.2) is 13.6 Å². The Labute approximate surface area is 289 Å². The molecule has 3 saturated heterocycles. The summed E-state index contributed by atoms with van der Waals surface area (Å²) in [6, 6.07) is 5.90. The summed E-state index contributed by atoms with van der Waals surface area (Å²) in [5.41, 5.74) is -0.717. The van der Waals surface area contributed by atoms with E-state index >= 15 is 8.78 Å². The molecule has 0 saturated carbocycles. The quantitative estimate of drug-likeness (QED) is 0.196. The molecule has 3 N–H and O–H groups in total. The van der Waals surface area contributed by atoms with Gasteiger partial charge in [-0.15, -0.1) is 0 Å². The van der Waals surface area contributed by atoms with Crippen LogP contribution >= 0.6 is 0 Å². The summed E-state index contributed by atoms with van der Waals surface area (Å²) in [4.78, 5) is 30.2. The molecular formula is C37H44F2N6O5. The van der Waals surface area contributed by atoms with Crippen molar-refractivity contribution in [3.05, 3.63) is 47.7 Å². The van der Waals surface area contributed by atoms with Crippen LogP contribution in [0.15, 0.2) is 30.5 Å². The minimum atomic E-state index is -0.970. The van der Waals surface area contributed by atoms with Crippen molar-refractivity contribution in [1.82, 2.24) is 25.2 Å². The van der Waals surface area contributed by atoms with E-state index in [1.807, 2.05) is 18.7 Å². The molecule has 0 bridgehead atoms. The third kappa shape index (κ3) is 6.25. The van der Waals surface area contributed by atoms with Gasteiger partial charge in [-0.05, 0) is 99.9 Å². The Morgan fingerprint density at radius 1 is 1.12 bits per heavy atom. The number of fused-ring (bicyclic) bond motifs is 3. The molecule has 1 amide bonds. The number of anilines is 1. The lowest BCUT2D eigenvalue weighted by molar-refractivity contribution is 0.0445. The number of alkyl carbamates (subject to hydrolysis) is 1. The number of aliphatic hydroxyl groups is 1. The number of benzene rings is 2. The third-order valence-electron chi connectivity index (χ3n) is 10.6. The summed E-state index contributed by atoms with van der Waals surface area (Å²) < 4.78 is 43.8. The second-order valence-corrected chi connectivity index (χ2v) is 14.1. The Bertz CT molecular complexity index is 1940. The Balaban J connectivity index is 1.28. The van der Waals surface area contributed by atoms with Gasteiger partial charge < -0.3 is 29.9 Å². The van der Waals surface area contributed by atoms with Gasteiger partial charge >= 0.3 is 12.1 Å². The number of phenolic OH excluding ortho intramolecular Hbond substituents is 1. The van der Waals surface area contributed by atoms with E-state index in [9.17, 15) is 15.0 Å². The van der Waals surface area contributed by atoms with Gasteiger partial charge in [-0.2, -0.15) is 9.97 Å². The van der Waals surface area contributed by atoms with Crippen LogP contribution in [0.25, 0.3) is 32.9 Å². The molecule has 0 radical (unpaired) electrons. The number of phenols is 1. The van der Waals surface area contributed by atoms with Crippen molar-refractivity contribution in [3.8, 4) is 23.0 Å². The molecule has 3 aliphatic rings. The largest absolute Gasteiger partial charge is 0.508 e. The van der Waals surface area contributed by atoms with Crippen LogP contribution in [-0.2, 0) is 11.2 Å². The molecule has 4 aromatic rings. The lowest BCUT2D eigenvalue weighted by Crippen LogP contribution is -2.48. The van der Waals surface area contributed by atoms with Crippen LogP contribution in [0.2, 0.25) is 0 Å². The number of nitrogens with one attached hydrogen (secondary N) is 1. The number of halogens is 2. The zero-order valence-electron chi connectivity index (χ0n) is 28.8. The first kappa shape index (κ1) is 34.1. The SMILES string of the molecule is CCNC(=O)OC[C@@H]1CCC2(COc3nc(N4CCC[C@@](C)(O)C4)c4cnc(-c5cc(O)cc6ccc(F)c(CC)c56)c(F)c4n3)CCCN12. The molecular weight excluding hydrogens is 646 g/mol. The number of aromatic hydroxyl groups is 1. The maximum atomic E-state index is 16.9. The Morgan fingerprint density at radius 3 is 2.72 bits per heavy atom. The average molecular weight is 691 g/mol. The maximum Gasteiger partial charge on any atom is 0.407 e. The molecule has 50 heavy (non-hydrogen) atoms. The number of hydrogen-bond donors (Lipinski definition) is 3. The minimum absolute atomic E-state index is 0.00178. The number of amides is 1. The van der Waals surface area contributed by atoms with Crippen molar-refractivity contribution in [1.29, 1.82) is 0 Å². The minimum Gasteiger partial charge on any atom is -0.508 e. The Hall–Kier alpha value is -4.36. The number of piperidine rings is 1. The monoisotopic (exact) mass is 690 g/mol. The fourth-order valence-electron chi connectivity index (χ4n) is 8.30. The first-order valence-electron chi connectivity index (χ1n) is 17.6. The van der Waals surface area contributed by atoms with E-state index in [1.165, 1.54) is 24.4 Å². The molecule has 2 aromatic carbocycles. The summed E-state index contributed by atoms with van der Waals surface area (Å²) >= 11 is 0. The van der Waals surface area contributed by atoms with Crippen LogP contribution in [0, 0.1) is 11.6 Å². The van der Waals surface area contributed by atoms with Gasteiger partial charge in [0.05, 0.1) is 16.5 Å². The van der Waals surface area contributed by atoms with Crippen molar-refractivity contribution in [2.45, 2.75) is 82.9 Å². The number of hydrogen-bond acceptors (Lipinski definition) is 10. The normalized spacial score (nSPS) is 23.8. The number of pyridine rings is 1. The molecule has 7 rings (SSSR count). The smallest absolute Gasteiger partial charge is 0.407 e. The predicted octanol–water partition coefficient (Wildman–Crippen LogP) is 5.86. The molecule has 266 valence electrons. The highest BCUT2D eigenvalue weighted by Crippen LogP contribution is 2.44. The maximum absolute atomic E-state index is 16.9. The number of aryl methyl sites for hydroxylation is 1. The van der Waals surface area contributed by atoms with E-state index < -0.39 is 23.3 Å². The number of ether oxygens (including phenoxy) is 2. The van der Waals surface area contributed by atoms with Crippen molar-refractivity contribution < 1.29 is 33.3 Å². The number of β-amino-alcohol motifs (C(OH)–C–C–N with tert-alkyl or cyclic N) is 1. The van der Waals surface area contributed by atoms with Crippen LogP contribution in [0.4, 0.5) is 19.4 Å². The van der Waals surface area contributed by atoms with E-state index in [2.05, 4.69) is 20.2 Å². The highest BCUT2D eigenvalue weighted by atomic mass is 19.1. The highest BCUT2D eigenvalue weighted by molar-refractivity contribution is 6.01. The Morgan fingerprint density at radius 2 is 1.94 bits per heavy atom. The van der Waals surface area contributed by atoms with Gasteiger partial charge in [0.2, 0.25) is 0 Å². The lowest BCUT2D eigenvalue weighted by atomic mass is 9.94. The van der Waals surface area contributed by atoms with E-state index in [4.69, 9.17) is 14.5 Å². The fourth-order valence-corrected chi connectivity index (χ4v) is 8.30. The van der Waals surface area contributed by atoms with Gasteiger partial charge in [0.25, 0.3) is 0 Å². The van der Waals surface area contributed by atoms with Gasteiger partial charge in [0, 0.05) is 37.4 Å². The lowest BCUT2D eigenvalue weighted by Gasteiger charge is -2.38. The number of rotatable bonds is 9. The van der Waals surface area contributed by atoms with E-state index in [0.29, 0.717) is 59.9 Å². The predicted molar refractivity (Wildman–Crippen MR) is 186 cm³/mol. The molecule has 2 aromatic heterocycles. The first-order valence-corrected chi connectivity index (χ1v) is 17.6. The van der Waals surface area contributed by atoms with Crippen molar-refractivity contribution >= 4 is 33.6 Å². The molecule has 0 aliphatic carbocycles.